The molecule has 0 amide bonds. The molecule has 0 fully saturated rings. The van der Waals surface area contributed by atoms with Crippen molar-refractivity contribution in [3.8, 4) is 6.07 Å². The van der Waals surface area contributed by atoms with Gasteiger partial charge in [0.15, 0.2) is 5.82 Å². The monoisotopic (exact) mass is 234 g/mol. The number of aryl methyl sites for hydroxylation is 1. The standard InChI is InChI=1S/C12H18N4O/c1-9-10(2)15-16-12(11(9)8-13)14-6-4-5-7-17-3/h4-7H2,1-3H3,(H,14,16). The molecule has 0 saturated heterocycles. The highest BCUT2D eigenvalue weighted by Gasteiger charge is 2.09. The molecule has 0 aromatic carbocycles. The molecule has 0 aliphatic carbocycles. The van der Waals surface area contributed by atoms with Crippen molar-refractivity contribution in [1.29, 1.82) is 5.26 Å². The van der Waals surface area contributed by atoms with Crippen LogP contribution in [0.2, 0.25) is 0 Å². The minimum Gasteiger partial charge on any atom is -0.385 e. The molecule has 0 unspecified atom stereocenters. The van der Waals surface area contributed by atoms with E-state index >= 15 is 0 Å². The molecule has 1 N–H and O–H groups in total. The summed E-state index contributed by atoms with van der Waals surface area (Å²) in [4.78, 5) is 0. The molecule has 0 spiro atoms. The van der Waals surface area contributed by atoms with Gasteiger partial charge in [-0.05, 0) is 32.3 Å². The summed E-state index contributed by atoms with van der Waals surface area (Å²) in [6.45, 7) is 5.27. The lowest BCUT2D eigenvalue weighted by atomic mass is 10.1. The third-order valence-corrected chi connectivity index (χ3v) is 2.63. The molecule has 92 valence electrons. The van der Waals surface area contributed by atoms with E-state index < -0.39 is 0 Å². The minimum absolute atomic E-state index is 0.577. The molecule has 17 heavy (non-hydrogen) atoms. The highest BCUT2D eigenvalue weighted by molar-refractivity contribution is 5.55. The lowest BCUT2D eigenvalue weighted by Gasteiger charge is -2.09. The Balaban J connectivity index is 2.60. The van der Waals surface area contributed by atoms with E-state index in [0.717, 1.165) is 37.3 Å². The Hall–Kier alpha value is -1.67. The Kier molecular flexibility index (Phi) is 5.37. The molecular formula is C12H18N4O. The molecule has 1 aromatic rings. The summed E-state index contributed by atoms with van der Waals surface area (Å²) in [7, 11) is 1.69. The van der Waals surface area contributed by atoms with Crippen LogP contribution in [-0.2, 0) is 4.74 Å². The van der Waals surface area contributed by atoms with E-state index in [-0.39, 0.29) is 0 Å². The molecule has 5 heteroatoms. The minimum atomic E-state index is 0.577. The van der Waals surface area contributed by atoms with Crippen molar-refractivity contribution >= 4 is 5.82 Å². The van der Waals surface area contributed by atoms with Crippen molar-refractivity contribution in [2.45, 2.75) is 26.7 Å². The molecule has 1 heterocycles. The van der Waals surface area contributed by atoms with Crippen LogP contribution in [0.4, 0.5) is 5.82 Å². The number of hydrogen-bond acceptors (Lipinski definition) is 5. The van der Waals surface area contributed by atoms with Gasteiger partial charge in [0.1, 0.15) is 11.6 Å². The molecule has 0 aliphatic heterocycles. The number of nitriles is 1. The smallest absolute Gasteiger partial charge is 0.166 e. The van der Waals surface area contributed by atoms with Crippen molar-refractivity contribution < 1.29 is 4.74 Å². The molecule has 0 bridgehead atoms. The number of hydrogen-bond donors (Lipinski definition) is 1. The van der Waals surface area contributed by atoms with Gasteiger partial charge in [-0.25, -0.2) is 0 Å². The molecule has 1 rings (SSSR count). The molecule has 0 atom stereocenters. The second-order valence-corrected chi connectivity index (χ2v) is 3.87. The summed E-state index contributed by atoms with van der Waals surface area (Å²) in [6, 6.07) is 2.17. The summed E-state index contributed by atoms with van der Waals surface area (Å²) in [6.07, 6.45) is 1.97. The Morgan fingerprint density at radius 2 is 2.06 bits per heavy atom. The van der Waals surface area contributed by atoms with Gasteiger partial charge in [0.05, 0.1) is 5.69 Å². The van der Waals surface area contributed by atoms with Crippen LogP contribution in [0.5, 0.6) is 0 Å². The van der Waals surface area contributed by atoms with Crippen molar-refractivity contribution in [1.82, 2.24) is 10.2 Å². The molecule has 0 aliphatic rings. The Morgan fingerprint density at radius 1 is 1.29 bits per heavy atom. The lowest BCUT2D eigenvalue weighted by Crippen LogP contribution is -2.09. The fourth-order valence-electron chi connectivity index (χ4n) is 1.45. The third-order valence-electron chi connectivity index (χ3n) is 2.63. The van der Waals surface area contributed by atoms with E-state index in [4.69, 9.17) is 10.00 Å². The second kappa shape index (κ2) is 6.81. The first kappa shape index (κ1) is 13.4. The van der Waals surface area contributed by atoms with Crippen LogP contribution in [0.25, 0.3) is 0 Å². The predicted molar refractivity (Wildman–Crippen MR) is 65.8 cm³/mol. The number of methoxy groups -OCH3 is 1. The number of ether oxygens (including phenoxy) is 1. The number of aromatic nitrogens is 2. The van der Waals surface area contributed by atoms with Gasteiger partial charge in [0.25, 0.3) is 0 Å². The van der Waals surface area contributed by atoms with E-state index in [1.54, 1.807) is 7.11 Å². The molecule has 5 nitrogen and oxygen atoms in total. The summed E-state index contributed by atoms with van der Waals surface area (Å²) in [5.74, 6) is 0.577. The number of anilines is 1. The maximum Gasteiger partial charge on any atom is 0.166 e. The van der Waals surface area contributed by atoms with Gasteiger partial charge in [0.2, 0.25) is 0 Å². The van der Waals surface area contributed by atoms with Gasteiger partial charge >= 0.3 is 0 Å². The highest BCUT2D eigenvalue weighted by Crippen LogP contribution is 2.16. The molecular weight excluding hydrogens is 216 g/mol. The molecule has 0 radical (unpaired) electrons. The van der Waals surface area contributed by atoms with E-state index in [1.807, 2.05) is 13.8 Å². The molecule has 1 aromatic heterocycles. The quantitative estimate of drug-likeness (QED) is 0.760. The van der Waals surface area contributed by atoms with Gasteiger partial charge < -0.3 is 10.1 Å². The first-order valence-electron chi connectivity index (χ1n) is 5.67. The largest absolute Gasteiger partial charge is 0.385 e. The van der Waals surface area contributed by atoms with Crippen LogP contribution in [0.15, 0.2) is 0 Å². The van der Waals surface area contributed by atoms with Crippen LogP contribution in [0.1, 0.15) is 29.7 Å². The van der Waals surface area contributed by atoms with Gasteiger partial charge in [-0.3, -0.25) is 0 Å². The average Bonchev–Trinajstić information content (AvgIpc) is 2.33. The van der Waals surface area contributed by atoms with Crippen molar-refractivity contribution in [2.75, 3.05) is 25.6 Å². The van der Waals surface area contributed by atoms with Crippen LogP contribution >= 0.6 is 0 Å². The Labute approximate surface area is 102 Å². The van der Waals surface area contributed by atoms with Crippen LogP contribution < -0.4 is 5.32 Å². The summed E-state index contributed by atoms with van der Waals surface area (Å²) < 4.78 is 4.97. The number of rotatable bonds is 6. The highest BCUT2D eigenvalue weighted by atomic mass is 16.5. The van der Waals surface area contributed by atoms with Crippen molar-refractivity contribution in [2.24, 2.45) is 0 Å². The Bertz CT molecular complexity index is 412. The van der Waals surface area contributed by atoms with Crippen LogP contribution in [0, 0.1) is 25.2 Å². The van der Waals surface area contributed by atoms with E-state index in [0.29, 0.717) is 11.4 Å². The first-order chi connectivity index (χ1) is 8.20. The van der Waals surface area contributed by atoms with Crippen molar-refractivity contribution in [3.63, 3.8) is 0 Å². The van der Waals surface area contributed by atoms with E-state index in [1.165, 1.54) is 0 Å². The second-order valence-electron chi connectivity index (χ2n) is 3.87. The zero-order chi connectivity index (χ0) is 12.7. The van der Waals surface area contributed by atoms with Gasteiger partial charge in [-0.2, -0.15) is 10.4 Å². The van der Waals surface area contributed by atoms with E-state index in [2.05, 4.69) is 21.6 Å². The predicted octanol–water partition coefficient (Wildman–Crippen LogP) is 1.80. The normalized spacial score (nSPS) is 10.0. The fraction of sp³-hybridized carbons (Fsp3) is 0.583. The Morgan fingerprint density at radius 3 is 2.71 bits per heavy atom. The maximum absolute atomic E-state index is 9.09. The number of unbranched alkanes of at least 4 members (excludes halogenated alkanes) is 1. The van der Waals surface area contributed by atoms with Crippen LogP contribution in [0.3, 0.4) is 0 Å². The fourth-order valence-corrected chi connectivity index (χ4v) is 1.45. The van der Waals surface area contributed by atoms with Gasteiger partial charge in [0, 0.05) is 20.3 Å². The summed E-state index contributed by atoms with van der Waals surface area (Å²) in [5, 5.41) is 20.3. The van der Waals surface area contributed by atoms with Crippen LogP contribution in [-0.4, -0.2) is 30.5 Å². The first-order valence-corrected chi connectivity index (χ1v) is 5.67. The summed E-state index contributed by atoms with van der Waals surface area (Å²) >= 11 is 0. The number of nitrogens with zero attached hydrogens (tertiary/aromatic N) is 3. The number of nitrogens with one attached hydrogen (secondary N) is 1. The maximum atomic E-state index is 9.09. The van der Waals surface area contributed by atoms with Gasteiger partial charge in [-0.15, -0.1) is 5.10 Å². The lowest BCUT2D eigenvalue weighted by molar-refractivity contribution is 0.194. The average molecular weight is 234 g/mol. The summed E-state index contributed by atoms with van der Waals surface area (Å²) in [5.41, 5.74) is 2.28. The third kappa shape index (κ3) is 3.68. The van der Waals surface area contributed by atoms with E-state index in [9.17, 15) is 0 Å². The van der Waals surface area contributed by atoms with Gasteiger partial charge in [-0.1, -0.05) is 0 Å². The SMILES string of the molecule is COCCCCNc1nnc(C)c(C)c1C#N. The zero-order valence-corrected chi connectivity index (χ0v) is 10.6. The topological polar surface area (TPSA) is 70.8 Å². The molecule has 0 saturated carbocycles. The van der Waals surface area contributed by atoms with Crippen molar-refractivity contribution in [3.05, 3.63) is 16.8 Å². The zero-order valence-electron chi connectivity index (χ0n) is 10.6.